The Morgan fingerprint density at radius 3 is 3.06 bits per heavy atom. The average molecular weight is 250 g/mol. The predicted octanol–water partition coefficient (Wildman–Crippen LogP) is 2.70. The zero-order chi connectivity index (χ0) is 12.8. The molecule has 0 amide bonds. The van der Waals surface area contributed by atoms with Crippen molar-refractivity contribution in [1.82, 2.24) is 10.6 Å². The Balaban J connectivity index is 1.59. The van der Waals surface area contributed by atoms with Gasteiger partial charge in [0.1, 0.15) is 11.5 Å². The molecule has 2 atom stereocenters. The molecule has 1 aromatic heterocycles. The van der Waals surface area contributed by atoms with E-state index in [1.165, 1.54) is 32.4 Å². The van der Waals surface area contributed by atoms with Crippen molar-refractivity contribution in [2.24, 2.45) is 11.8 Å². The van der Waals surface area contributed by atoms with Gasteiger partial charge in [-0.1, -0.05) is 6.92 Å². The van der Waals surface area contributed by atoms with Crippen molar-refractivity contribution in [3.05, 3.63) is 23.7 Å². The van der Waals surface area contributed by atoms with Crippen LogP contribution in [0.5, 0.6) is 0 Å². The van der Waals surface area contributed by atoms with Crippen molar-refractivity contribution < 1.29 is 4.42 Å². The minimum absolute atomic E-state index is 0.809. The highest BCUT2D eigenvalue weighted by atomic mass is 16.3. The van der Waals surface area contributed by atoms with Gasteiger partial charge in [-0.2, -0.15) is 0 Å². The Bertz CT molecular complexity index is 342. The van der Waals surface area contributed by atoms with Crippen molar-refractivity contribution in [2.75, 3.05) is 19.6 Å². The molecule has 2 N–H and O–H groups in total. The molecule has 0 spiro atoms. The Morgan fingerprint density at radius 2 is 2.39 bits per heavy atom. The number of furan rings is 1. The highest BCUT2D eigenvalue weighted by Gasteiger charge is 2.19. The molecule has 3 nitrogen and oxygen atoms in total. The lowest BCUT2D eigenvalue weighted by molar-refractivity contribution is 0.265. The quantitative estimate of drug-likeness (QED) is 0.762. The van der Waals surface area contributed by atoms with Crippen molar-refractivity contribution in [3.8, 4) is 0 Å². The van der Waals surface area contributed by atoms with Crippen LogP contribution in [0, 0.1) is 18.8 Å². The molecule has 0 aliphatic carbocycles. The van der Waals surface area contributed by atoms with Crippen LogP contribution in [0.1, 0.15) is 37.7 Å². The molecular formula is C15H26N2O. The molecule has 18 heavy (non-hydrogen) atoms. The molecule has 2 unspecified atom stereocenters. The first-order valence-corrected chi connectivity index (χ1v) is 7.22. The monoisotopic (exact) mass is 250 g/mol. The van der Waals surface area contributed by atoms with Crippen LogP contribution in [0.4, 0.5) is 0 Å². The molecule has 2 heterocycles. The summed E-state index contributed by atoms with van der Waals surface area (Å²) < 4.78 is 5.53. The molecule has 0 aromatic carbocycles. The number of nitrogens with one attached hydrogen (secondary N) is 2. The van der Waals surface area contributed by atoms with Crippen molar-refractivity contribution in [1.29, 1.82) is 0 Å². The summed E-state index contributed by atoms with van der Waals surface area (Å²) >= 11 is 0. The smallest absolute Gasteiger partial charge is 0.117 e. The summed E-state index contributed by atoms with van der Waals surface area (Å²) in [7, 11) is 0. The fraction of sp³-hybridized carbons (Fsp3) is 0.733. The number of rotatable bonds is 6. The van der Waals surface area contributed by atoms with Crippen LogP contribution >= 0.6 is 0 Å². The van der Waals surface area contributed by atoms with Gasteiger partial charge in [-0.3, -0.25) is 0 Å². The zero-order valence-corrected chi connectivity index (χ0v) is 11.7. The molecule has 0 bridgehead atoms. The summed E-state index contributed by atoms with van der Waals surface area (Å²) in [5.41, 5.74) is 0. The maximum Gasteiger partial charge on any atom is 0.117 e. The number of aryl methyl sites for hydroxylation is 1. The third-order valence-corrected chi connectivity index (χ3v) is 4.01. The first-order chi connectivity index (χ1) is 8.75. The Morgan fingerprint density at radius 1 is 1.50 bits per heavy atom. The number of piperidine rings is 1. The molecule has 1 saturated heterocycles. The van der Waals surface area contributed by atoms with Gasteiger partial charge in [-0.15, -0.1) is 0 Å². The Hall–Kier alpha value is -0.800. The van der Waals surface area contributed by atoms with Gasteiger partial charge in [-0.25, -0.2) is 0 Å². The van der Waals surface area contributed by atoms with Gasteiger partial charge in [0.15, 0.2) is 0 Å². The summed E-state index contributed by atoms with van der Waals surface area (Å²) in [6.07, 6.45) is 3.99. The molecule has 3 heteroatoms. The maximum absolute atomic E-state index is 5.53. The third-order valence-electron chi connectivity index (χ3n) is 4.01. The first-order valence-electron chi connectivity index (χ1n) is 7.22. The summed E-state index contributed by atoms with van der Waals surface area (Å²) in [5, 5.41) is 6.97. The van der Waals surface area contributed by atoms with Crippen LogP contribution in [0.2, 0.25) is 0 Å². The number of hydrogen-bond acceptors (Lipinski definition) is 3. The van der Waals surface area contributed by atoms with Crippen LogP contribution in [-0.2, 0) is 6.54 Å². The van der Waals surface area contributed by atoms with E-state index in [-0.39, 0.29) is 0 Å². The second-order valence-electron chi connectivity index (χ2n) is 5.56. The average Bonchev–Trinajstić information content (AvgIpc) is 2.81. The Kier molecular flexibility index (Phi) is 5.26. The van der Waals surface area contributed by atoms with Gasteiger partial charge in [0.2, 0.25) is 0 Å². The second kappa shape index (κ2) is 6.95. The minimum atomic E-state index is 0.809. The van der Waals surface area contributed by atoms with E-state index < -0.39 is 0 Å². The summed E-state index contributed by atoms with van der Waals surface area (Å²) in [6, 6.07) is 4.07. The molecule has 0 saturated carbocycles. The molecule has 102 valence electrons. The van der Waals surface area contributed by atoms with Gasteiger partial charge < -0.3 is 15.1 Å². The Labute approximate surface area is 110 Å². The van der Waals surface area contributed by atoms with Crippen LogP contribution in [0.3, 0.4) is 0 Å². The van der Waals surface area contributed by atoms with Gasteiger partial charge in [0.05, 0.1) is 6.54 Å². The molecule has 1 aliphatic heterocycles. The van der Waals surface area contributed by atoms with E-state index in [1.807, 2.05) is 13.0 Å². The SMILES string of the molecule is Cc1ccc(CNCCC(C)C2CCCNC2)o1. The van der Waals surface area contributed by atoms with Crippen LogP contribution in [0.15, 0.2) is 16.5 Å². The van der Waals surface area contributed by atoms with E-state index in [4.69, 9.17) is 4.42 Å². The third kappa shape index (κ3) is 4.14. The standard InChI is InChI=1S/C15H26N2O/c1-12(14-4-3-8-16-10-14)7-9-17-11-15-6-5-13(2)18-15/h5-6,12,14,16-17H,3-4,7-11H2,1-2H3. The van der Waals surface area contributed by atoms with Gasteiger partial charge >= 0.3 is 0 Å². The fourth-order valence-corrected chi connectivity index (χ4v) is 2.72. The molecule has 2 rings (SSSR count). The highest BCUT2D eigenvalue weighted by molar-refractivity contribution is 5.05. The fourth-order valence-electron chi connectivity index (χ4n) is 2.72. The van der Waals surface area contributed by atoms with Crippen molar-refractivity contribution in [2.45, 2.75) is 39.7 Å². The predicted molar refractivity (Wildman–Crippen MR) is 74.5 cm³/mol. The number of hydrogen-bond donors (Lipinski definition) is 2. The molecule has 1 aromatic rings. The highest BCUT2D eigenvalue weighted by Crippen LogP contribution is 2.21. The normalized spacial score (nSPS) is 22.0. The van der Waals surface area contributed by atoms with Crippen molar-refractivity contribution in [3.63, 3.8) is 0 Å². The summed E-state index contributed by atoms with van der Waals surface area (Å²) in [6.45, 7) is 8.72. The summed E-state index contributed by atoms with van der Waals surface area (Å²) in [5.74, 6) is 3.71. The lowest BCUT2D eigenvalue weighted by Crippen LogP contribution is -2.34. The van der Waals surface area contributed by atoms with E-state index in [1.54, 1.807) is 0 Å². The lowest BCUT2D eigenvalue weighted by atomic mass is 9.85. The van der Waals surface area contributed by atoms with E-state index in [9.17, 15) is 0 Å². The second-order valence-corrected chi connectivity index (χ2v) is 5.56. The van der Waals surface area contributed by atoms with Crippen LogP contribution < -0.4 is 10.6 Å². The summed E-state index contributed by atoms with van der Waals surface area (Å²) in [4.78, 5) is 0. The van der Waals surface area contributed by atoms with Gasteiger partial charge in [0.25, 0.3) is 0 Å². The van der Waals surface area contributed by atoms with E-state index in [0.717, 1.165) is 36.4 Å². The lowest BCUT2D eigenvalue weighted by Gasteiger charge is -2.28. The maximum atomic E-state index is 5.53. The molecular weight excluding hydrogens is 224 g/mol. The van der Waals surface area contributed by atoms with Gasteiger partial charge in [-0.05, 0) is 69.8 Å². The van der Waals surface area contributed by atoms with Crippen molar-refractivity contribution >= 4 is 0 Å². The van der Waals surface area contributed by atoms with Gasteiger partial charge in [0, 0.05) is 0 Å². The van der Waals surface area contributed by atoms with E-state index >= 15 is 0 Å². The molecule has 1 aliphatic rings. The van der Waals surface area contributed by atoms with Crippen LogP contribution in [-0.4, -0.2) is 19.6 Å². The molecule has 0 radical (unpaired) electrons. The topological polar surface area (TPSA) is 37.2 Å². The molecule has 1 fully saturated rings. The van der Waals surface area contributed by atoms with E-state index in [2.05, 4.69) is 23.6 Å². The zero-order valence-electron chi connectivity index (χ0n) is 11.7. The van der Waals surface area contributed by atoms with E-state index in [0.29, 0.717) is 0 Å². The minimum Gasteiger partial charge on any atom is -0.465 e. The van der Waals surface area contributed by atoms with Crippen LogP contribution in [0.25, 0.3) is 0 Å². The first kappa shape index (κ1) is 13.6. The largest absolute Gasteiger partial charge is 0.465 e.